The fourth-order valence-electron chi connectivity index (χ4n) is 3.13. The number of carbonyl (C=O) groups is 1. The van der Waals surface area contributed by atoms with Gasteiger partial charge in [-0.1, -0.05) is 54.6 Å². The highest BCUT2D eigenvalue weighted by Crippen LogP contribution is 2.32. The maximum Gasteiger partial charge on any atom is 0.410 e. The first-order chi connectivity index (χ1) is 10.8. The van der Waals surface area contributed by atoms with E-state index in [4.69, 9.17) is 4.74 Å². The van der Waals surface area contributed by atoms with E-state index < -0.39 is 0 Å². The van der Waals surface area contributed by atoms with Crippen LogP contribution in [0.4, 0.5) is 4.79 Å². The maximum atomic E-state index is 12.3. The van der Waals surface area contributed by atoms with E-state index >= 15 is 0 Å². The molecule has 0 aliphatic carbocycles. The van der Waals surface area contributed by atoms with Gasteiger partial charge in [0.05, 0.1) is 12.6 Å². The van der Waals surface area contributed by atoms with Crippen LogP contribution in [0.1, 0.15) is 29.7 Å². The number of benzene rings is 2. The number of ether oxygens (including phenoxy) is 1. The van der Waals surface area contributed by atoms with E-state index in [1.807, 2.05) is 36.1 Å². The van der Waals surface area contributed by atoms with Gasteiger partial charge in [-0.2, -0.15) is 0 Å². The fraction of sp³-hybridized carbons (Fsp3) is 0.316. The number of nitrogens with zero attached hydrogens (tertiary/aromatic N) is 1. The summed E-state index contributed by atoms with van der Waals surface area (Å²) >= 11 is 0. The number of rotatable bonds is 3. The third-order valence-electron chi connectivity index (χ3n) is 4.19. The lowest BCUT2D eigenvalue weighted by atomic mass is 9.89. The zero-order valence-corrected chi connectivity index (χ0v) is 12.9. The van der Waals surface area contributed by atoms with Crippen LogP contribution in [0.25, 0.3) is 0 Å². The summed E-state index contributed by atoms with van der Waals surface area (Å²) in [4.78, 5) is 14.2. The summed E-state index contributed by atoms with van der Waals surface area (Å²) < 4.78 is 5.25. The molecule has 0 aromatic heterocycles. The molecule has 0 saturated carbocycles. The summed E-state index contributed by atoms with van der Waals surface area (Å²) in [5, 5.41) is 0. The highest BCUT2D eigenvalue weighted by molar-refractivity contribution is 5.69. The molecule has 0 bridgehead atoms. The molecule has 0 fully saturated rings. The quantitative estimate of drug-likeness (QED) is 0.857. The fourth-order valence-corrected chi connectivity index (χ4v) is 3.13. The molecule has 1 aliphatic heterocycles. The molecule has 1 unspecified atom stereocenters. The smallest absolute Gasteiger partial charge is 0.410 e. The Labute approximate surface area is 131 Å². The molecule has 2 aromatic carbocycles. The summed E-state index contributed by atoms with van der Waals surface area (Å²) in [6, 6.07) is 18.8. The Balaban J connectivity index is 1.93. The van der Waals surface area contributed by atoms with E-state index in [1.165, 1.54) is 16.7 Å². The molecule has 2 aromatic rings. The number of hydrogen-bond donors (Lipinski definition) is 0. The van der Waals surface area contributed by atoms with Gasteiger partial charge in [-0.3, -0.25) is 0 Å². The van der Waals surface area contributed by atoms with Gasteiger partial charge >= 0.3 is 6.09 Å². The lowest BCUT2D eigenvalue weighted by Gasteiger charge is -2.36. The van der Waals surface area contributed by atoms with Crippen molar-refractivity contribution in [3.8, 4) is 0 Å². The molecule has 1 amide bonds. The van der Waals surface area contributed by atoms with Crippen molar-refractivity contribution in [3.05, 3.63) is 71.3 Å². The molecule has 0 radical (unpaired) electrons. The van der Waals surface area contributed by atoms with Crippen molar-refractivity contribution in [1.82, 2.24) is 4.90 Å². The molecule has 3 rings (SSSR count). The van der Waals surface area contributed by atoms with Gasteiger partial charge in [-0.05, 0) is 36.5 Å². The number of carbonyl (C=O) groups excluding carboxylic acids is 1. The molecule has 0 spiro atoms. The predicted molar refractivity (Wildman–Crippen MR) is 86.8 cm³/mol. The Morgan fingerprint density at radius 2 is 1.86 bits per heavy atom. The second-order valence-corrected chi connectivity index (χ2v) is 5.55. The van der Waals surface area contributed by atoms with Crippen LogP contribution in [0.5, 0.6) is 0 Å². The Kier molecular flexibility index (Phi) is 4.42. The summed E-state index contributed by atoms with van der Waals surface area (Å²) in [6.45, 7) is 2.98. The Morgan fingerprint density at radius 1 is 1.14 bits per heavy atom. The molecule has 3 nitrogen and oxygen atoms in total. The lowest BCUT2D eigenvalue weighted by molar-refractivity contribution is 0.0864. The van der Waals surface area contributed by atoms with Gasteiger partial charge in [0.25, 0.3) is 0 Å². The second-order valence-electron chi connectivity index (χ2n) is 5.55. The Morgan fingerprint density at radius 3 is 2.64 bits per heavy atom. The standard InChI is InChI=1S/C19H21NO2/c1-2-22-19(21)20-13-12-16-10-6-7-11-17(16)18(20)14-15-8-4-3-5-9-15/h3-11,18H,2,12-14H2,1H3. The molecule has 0 saturated heterocycles. The monoisotopic (exact) mass is 295 g/mol. The van der Waals surface area contributed by atoms with Gasteiger partial charge in [0, 0.05) is 6.54 Å². The molecular formula is C19H21NO2. The van der Waals surface area contributed by atoms with Gasteiger partial charge in [-0.25, -0.2) is 4.79 Å². The zero-order valence-electron chi connectivity index (χ0n) is 12.9. The number of amides is 1. The van der Waals surface area contributed by atoms with E-state index in [1.54, 1.807) is 0 Å². The highest BCUT2D eigenvalue weighted by atomic mass is 16.6. The predicted octanol–water partition coefficient (Wildman–Crippen LogP) is 3.99. The van der Waals surface area contributed by atoms with E-state index in [0.717, 1.165) is 12.8 Å². The van der Waals surface area contributed by atoms with E-state index in [9.17, 15) is 4.79 Å². The van der Waals surface area contributed by atoms with Gasteiger partial charge in [0.1, 0.15) is 0 Å². The lowest BCUT2D eigenvalue weighted by Crippen LogP contribution is -2.41. The summed E-state index contributed by atoms with van der Waals surface area (Å²) in [5.41, 5.74) is 3.81. The molecule has 114 valence electrons. The van der Waals surface area contributed by atoms with Crippen LogP contribution in [0.3, 0.4) is 0 Å². The highest BCUT2D eigenvalue weighted by Gasteiger charge is 2.31. The van der Waals surface area contributed by atoms with E-state index in [2.05, 4.69) is 30.3 Å². The molecular weight excluding hydrogens is 274 g/mol. The zero-order chi connectivity index (χ0) is 15.4. The SMILES string of the molecule is CCOC(=O)N1CCc2ccccc2C1Cc1ccccc1. The molecule has 1 heterocycles. The summed E-state index contributed by atoms with van der Waals surface area (Å²) in [7, 11) is 0. The number of fused-ring (bicyclic) bond motifs is 1. The summed E-state index contributed by atoms with van der Waals surface area (Å²) in [5.74, 6) is 0. The number of hydrogen-bond acceptors (Lipinski definition) is 2. The average Bonchev–Trinajstić information content (AvgIpc) is 2.56. The minimum atomic E-state index is -0.210. The molecule has 0 N–H and O–H groups in total. The van der Waals surface area contributed by atoms with Gasteiger partial charge < -0.3 is 9.64 Å². The Hall–Kier alpha value is -2.29. The molecule has 22 heavy (non-hydrogen) atoms. The normalized spacial score (nSPS) is 17.0. The van der Waals surface area contributed by atoms with Crippen molar-refractivity contribution in [1.29, 1.82) is 0 Å². The van der Waals surface area contributed by atoms with Crippen LogP contribution in [-0.2, 0) is 17.6 Å². The third-order valence-corrected chi connectivity index (χ3v) is 4.19. The van der Waals surface area contributed by atoms with Gasteiger partial charge in [0.2, 0.25) is 0 Å². The summed E-state index contributed by atoms with van der Waals surface area (Å²) in [6.07, 6.45) is 1.50. The first-order valence-electron chi connectivity index (χ1n) is 7.84. The van der Waals surface area contributed by atoms with Crippen molar-refractivity contribution < 1.29 is 9.53 Å². The van der Waals surface area contributed by atoms with Crippen LogP contribution >= 0.6 is 0 Å². The van der Waals surface area contributed by atoms with E-state index in [0.29, 0.717) is 13.2 Å². The van der Waals surface area contributed by atoms with Crippen molar-refractivity contribution in [3.63, 3.8) is 0 Å². The minimum Gasteiger partial charge on any atom is -0.450 e. The molecule has 3 heteroatoms. The van der Waals surface area contributed by atoms with Gasteiger partial charge in [0.15, 0.2) is 0 Å². The van der Waals surface area contributed by atoms with Crippen molar-refractivity contribution >= 4 is 6.09 Å². The topological polar surface area (TPSA) is 29.5 Å². The van der Waals surface area contributed by atoms with Crippen molar-refractivity contribution in [2.24, 2.45) is 0 Å². The van der Waals surface area contributed by atoms with Crippen LogP contribution in [0, 0.1) is 0 Å². The van der Waals surface area contributed by atoms with Crippen LogP contribution in [0.15, 0.2) is 54.6 Å². The van der Waals surface area contributed by atoms with Crippen LogP contribution < -0.4 is 0 Å². The van der Waals surface area contributed by atoms with Crippen molar-refractivity contribution in [2.75, 3.05) is 13.2 Å². The maximum absolute atomic E-state index is 12.3. The third kappa shape index (κ3) is 2.98. The Bertz CT molecular complexity index is 639. The first kappa shape index (κ1) is 14.6. The molecule has 1 aliphatic rings. The molecule has 1 atom stereocenters. The average molecular weight is 295 g/mol. The van der Waals surface area contributed by atoms with Crippen molar-refractivity contribution in [2.45, 2.75) is 25.8 Å². The van der Waals surface area contributed by atoms with Crippen LogP contribution in [0.2, 0.25) is 0 Å². The second kappa shape index (κ2) is 6.65. The van der Waals surface area contributed by atoms with Gasteiger partial charge in [-0.15, -0.1) is 0 Å². The minimum absolute atomic E-state index is 0.0476. The van der Waals surface area contributed by atoms with Crippen LogP contribution in [-0.4, -0.2) is 24.1 Å². The largest absolute Gasteiger partial charge is 0.450 e. The first-order valence-corrected chi connectivity index (χ1v) is 7.84. The van der Waals surface area contributed by atoms with E-state index in [-0.39, 0.29) is 12.1 Å².